The average molecular weight is 234 g/mol. The van der Waals surface area contributed by atoms with Crippen molar-refractivity contribution in [1.29, 1.82) is 0 Å². The van der Waals surface area contributed by atoms with Gasteiger partial charge in [-0.15, -0.1) is 0 Å². The SMILES string of the molecule is CNC(=O)Nc1cc(/C=C/C(=O)O)ccc1C. The fourth-order valence-electron chi connectivity index (χ4n) is 1.23. The number of nitrogens with one attached hydrogen (secondary N) is 2. The highest BCUT2D eigenvalue weighted by Crippen LogP contribution is 2.17. The second-order valence-corrected chi connectivity index (χ2v) is 3.45. The Morgan fingerprint density at radius 2 is 2.06 bits per heavy atom. The van der Waals surface area contributed by atoms with E-state index in [2.05, 4.69) is 10.6 Å². The third-order valence-electron chi connectivity index (χ3n) is 2.16. The number of hydrogen-bond donors (Lipinski definition) is 3. The van der Waals surface area contributed by atoms with Crippen LogP contribution < -0.4 is 10.6 Å². The van der Waals surface area contributed by atoms with E-state index in [1.165, 1.54) is 13.1 Å². The zero-order valence-corrected chi connectivity index (χ0v) is 9.65. The summed E-state index contributed by atoms with van der Waals surface area (Å²) >= 11 is 0. The topological polar surface area (TPSA) is 78.4 Å². The Balaban J connectivity index is 2.94. The molecule has 17 heavy (non-hydrogen) atoms. The maximum absolute atomic E-state index is 11.2. The van der Waals surface area contributed by atoms with Gasteiger partial charge in [0.2, 0.25) is 0 Å². The van der Waals surface area contributed by atoms with Crippen molar-refractivity contribution in [3.8, 4) is 0 Å². The molecule has 0 aliphatic carbocycles. The predicted octanol–water partition coefficient (Wildman–Crippen LogP) is 1.84. The molecule has 1 aromatic carbocycles. The van der Waals surface area contributed by atoms with E-state index in [1.807, 2.05) is 13.0 Å². The Bertz CT molecular complexity index is 467. The van der Waals surface area contributed by atoms with Crippen molar-refractivity contribution >= 4 is 23.8 Å². The third kappa shape index (κ3) is 3.98. The normalized spacial score (nSPS) is 10.2. The number of hydrogen-bond acceptors (Lipinski definition) is 2. The van der Waals surface area contributed by atoms with E-state index in [4.69, 9.17) is 5.11 Å². The van der Waals surface area contributed by atoms with Gasteiger partial charge < -0.3 is 15.7 Å². The second-order valence-electron chi connectivity index (χ2n) is 3.45. The van der Waals surface area contributed by atoms with Crippen molar-refractivity contribution in [1.82, 2.24) is 5.32 Å². The lowest BCUT2D eigenvalue weighted by Crippen LogP contribution is -2.24. The van der Waals surface area contributed by atoms with Gasteiger partial charge in [0, 0.05) is 18.8 Å². The number of rotatable bonds is 3. The van der Waals surface area contributed by atoms with E-state index < -0.39 is 5.97 Å². The fourth-order valence-corrected chi connectivity index (χ4v) is 1.23. The van der Waals surface area contributed by atoms with Gasteiger partial charge in [0.05, 0.1) is 0 Å². The van der Waals surface area contributed by atoms with Crippen molar-refractivity contribution in [2.24, 2.45) is 0 Å². The molecule has 0 radical (unpaired) electrons. The molecular weight excluding hydrogens is 220 g/mol. The molecular formula is C12H14N2O3. The van der Waals surface area contributed by atoms with E-state index in [-0.39, 0.29) is 6.03 Å². The first-order valence-electron chi connectivity index (χ1n) is 5.03. The summed E-state index contributed by atoms with van der Waals surface area (Å²) in [6, 6.07) is 4.99. The molecule has 2 amide bonds. The molecule has 0 aliphatic heterocycles. The molecule has 5 heteroatoms. The average Bonchev–Trinajstić information content (AvgIpc) is 2.29. The number of aryl methyl sites for hydroxylation is 1. The third-order valence-corrected chi connectivity index (χ3v) is 2.16. The molecule has 0 heterocycles. The van der Waals surface area contributed by atoms with E-state index in [9.17, 15) is 9.59 Å². The van der Waals surface area contributed by atoms with Gasteiger partial charge in [-0.1, -0.05) is 12.1 Å². The van der Waals surface area contributed by atoms with Crippen LogP contribution in [0.15, 0.2) is 24.3 Å². The molecule has 0 saturated carbocycles. The zero-order valence-electron chi connectivity index (χ0n) is 9.65. The van der Waals surface area contributed by atoms with Crippen molar-refractivity contribution in [3.05, 3.63) is 35.4 Å². The van der Waals surface area contributed by atoms with Crippen LogP contribution in [0.2, 0.25) is 0 Å². The minimum atomic E-state index is -1.01. The van der Waals surface area contributed by atoms with E-state index in [1.54, 1.807) is 12.1 Å². The summed E-state index contributed by atoms with van der Waals surface area (Å²) < 4.78 is 0. The summed E-state index contributed by atoms with van der Waals surface area (Å²) in [5, 5.41) is 13.6. The summed E-state index contributed by atoms with van der Waals surface area (Å²) in [5.41, 5.74) is 2.27. The Kier molecular flexibility index (Phi) is 4.28. The number of carboxylic acid groups (broad SMARTS) is 1. The van der Waals surface area contributed by atoms with Gasteiger partial charge in [-0.05, 0) is 30.2 Å². The van der Waals surface area contributed by atoms with E-state index >= 15 is 0 Å². The number of carbonyl (C=O) groups is 2. The van der Waals surface area contributed by atoms with Gasteiger partial charge in [-0.3, -0.25) is 0 Å². The molecule has 0 saturated heterocycles. The van der Waals surface area contributed by atoms with Crippen LogP contribution >= 0.6 is 0 Å². The van der Waals surface area contributed by atoms with Gasteiger partial charge >= 0.3 is 12.0 Å². The first-order valence-corrected chi connectivity index (χ1v) is 5.03. The minimum Gasteiger partial charge on any atom is -0.478 e. The Morgan fingerprint density at radius 3 is 2.65 bits per heavy atom. The van der Waals surface area contributed by atoms with Crippen LogP contribution in [0.1, 0.15) is 11.1 Å². The number of aliphatic carboxylic acids is 1. The molecule has 3 N–H and O–H groups in total. The van der Waals surface area contributed by atoms with Crippen LogP contribution in [-0.4, -0.2) is 24.2 Å². The van der Waals surface area contributed by atoms with Gasteiger partial charge in [0.25, 0.3) is 0 Å². The first kappa shape index (κ1) is 12.8. The molecule has 0 fully saturated rings. The van der Waals surface area contributed by atoms with Crippen LogP contribution in [0.25, 0.3) is 6.08 Å². The van der Waals surface area contributed by atoms with Crippen LogP contribution in [0.5, 0.6) is 0 Å². The van der Waals surface area contributed by atoms with Gasteiger partial charge in [0.15, 0.2) is 0 Å². The van der Waals surface area contributed by atoms with Crippen molar-refractivity contribution in [2.45, 2.75) is 6.92 Å². The second kappa shape index (κ2) is 5.69. The number of carboxylic acids is 1. The fraction of sp³-hybridized carbons (Fsp3) is 0.167. The van der Waals surface area contributed by atoms with Crippen molar-refractivity contribution in [3.63, 3.8) is 0 Å². The van der Waals surface area contributed by atoms with Gasteiger partial charge in [0.1, 0.15) is 0 Å². The van der Waals surface area contributed by atoms with Crippen LogP contribution in [0.4, 0.5) is 10.5 Å². The summed E-state index contributed by atoms with van der Waals surface area (Å²) in [6.07, 6.45) is 2.52. The standard InChI is InChI=1S/C12H14N2O3/c1-8-3-4-9(5-6-11(15)16)7-10(8)14-12(17)13-2/h3-7H,1-2H3,(H,15,16)(H2,13,14,17)/b6-5+. The number of carbonyl (C=O) groups excluding carboxylic acids is 1. The lowest BCUT2D eigenvalue weighted by molar-refractivity contribution is -0.131. The lowest BCUT2D eigenvalue weighted by atomic mass is 10.1. The number of anilines is 1. The summed E-state index contributed by atoms with van der Waals surface area (Å²) in [7, 11) is 1.53. The largest absolute Gasteiger partial charge is 0.478 e. The van der Waals surface area contributed by atoms with Crippen LogP contribution in [-0.2, 0) is 4.79 Å². The smallest absolute Gasteiger partial charge is 0.328 e. The Labute approximate surface area is 99.1 Å². The number of amides is 2. The van der Waals surface area contributed by atoms with Gasteiger partial charge in [-0.25, -0.2) is 9.59 Å². The summed E-state index contributed by atoms with van der Waals surface area (Å²) in [4.78, 5) is 21.6. The van der Waals surface area contributed by atoms with E-state index in [0.717, 1.165) is 11.6 Å². The summed E-state index contributed by atoms with van der Waals surface area (Å²) in [5.74, 6) is -1.01. The molecule has 0 spiro atoms. The number of benzene rings is 1. The molecule has 1 aromatic rings. The van der Waals surface area contributed by atoms with Crippen LogP contribution in [0.3, 0.4) is 0 Å². The van der Waals surface area contributed by atoms with Crippen LogP contribution in [0, 0.1) is 6.92 Å². The molecule has 0 aromatic heterocycles. The molecule has 0 unspecified atom stereocenters. The quantitative estimate of drug-likeness (QED) is 0.698. The Hall–Kier alpha value is -2.30. The zero-order chi connectivity index (χ0) is 12.8. The molecule has 0 bridgehead atoms. The van der Waals surface area contributed by atoms with Crippen molar-refractivity contribution < 1.29 is 14.7 Å². The summed E-state index contributed by atoms with van der Waals surface area (Å²) in [6.45, 7) is 1.86. The molecule has 1 rings (SSSR count). The highest BCUT2D eigenvalue weighted by molar-refractivity contribution is 5.91. The highest BCUT2D eigenvalue weighted by Gasteiger charge is 2.02. The predicted molar refractivity (Wildman–Crippen MR) is 65.9 cm³/mol. The van der Waals surface area contributed by atoms with E-state index in [0.29, 0.717) is 11.3 Å². The van der Waals surface area contributed by atoms with Gasteiger partial charge in [-0.2, -0.15) is 0 Å². The highest BCUT2D eigenvalue weighted by atomic mass is 16.4. The Morgan fingerprint density at radius 1 is 1.35 bits per heavy atom. The molecule has 0 aliphatic rings. The lowest BCUT2D eigenvalue weighted by Gasteiger charge is -2.08. The van der Waals surface area contributed by atoms with Crippen molar-refractivity contribution in [2.75, 3.05) is 12.4 Å². The first-order chi connectivity index (χ1) is 8.02. The number of urea groups is 1. The molecule has 90 valence electrons. The molecule has 0 atom stereocenters. The molecule has 5 nitrogen and oxygen atoms in total. The maximum Gasteiger partial charge on any atom is 0.328 e. The maximum atomic E-state index is 11.2. The monoisotopic (exact) mass is 234 g/mol. The minimum absolute atomic E-state index is 0.313.